The molecule has 0 saturated carbocycles. The second-order valence-corrected chi connectivity index (χ2v) is 7.88. The molecule has 0 saturated heterocycles. The Kier molecular flexibility index (Phi) is 9.95. The number of aromatic nitrogens is 1. The third-order valence-corrected chi connectivity index (χ3v) is 5.60. The fraction of sp³-hybridized carbons (Fsp3) is 0.625. The molecule has 0 unspecified atom stereocenters. The summed E-state index contributed by atoms with van der Waals surface area (Å²) in [5, 5.41) is 0. The molecule has 0 atom stereocenters. The summed E-state index contributed by atoms with van der Waals surface area (Å²) >= 11 is 0. The van der Waals surface area contributed by atoms with Gasteiger partial charge in [0.1, 0.15) is 5.82 Å². The lowest BCUT2D eigenvalue weighted by atomic mass is 10.0. The van der Waals surface area contributed by atoms with E-state index < -0.39 is 0 Å². The van der Waals surface area contributed by atoms with Crippen LogP contribution in [0, 0.1) is 0 Å². The molecule has 0 fully saturated rings. The van der Waals surface area contributed by atoms with Crippen molar-refractivity contribution in [3.63, 3.8) is 0 Å². The Balaban J connectivity index is 1.60. The maximum atomic E-state index is 12.7. The molecular weight excluding hydrogens is 348 g/mol. The highest BCUT2D eigenvalue weighted by Gasteiger charge is 2.36. The number of nitrogens with zero attached hydrogens (tertiary/aromatic N) is 2. The van der Waals surface area contributed by atoms with Crippen molar-refractivity contribution in [3.8, 4) is 0 Å². The van der Waals surface area contributed by atoms with Crippen LogP contribution in [0.15, 0.2) is 35.5 Å². The van der Waals surface area contributed by atoms with Gasteiger partial charge in [0.25, 0.3) is 11.8 Å². The van der Waals surface area contributed by atoms with Crippen molar-refractivity contribution in [1.82, 2.24) is 4.98 Å². The average molecular weight is 385 g/mol. The minimum absolute atomic E-state index is 0.190. The van der Waals surface area contributed by atoms with Crippen molar-refractivity contribution in [2.75, 3.05) is 4.90 Å². The Bertz CT molecular complexity index is 652. The number of amides is 2. The van der Waals surface area contributed by atoms with Crippen molar-refractivity contribution >= 4 is 17.6 Å². The van der Waals surface area contributed by atoms with Gasteiger partial charge in [-0.2, -0.15) is 0 Å². The first-order valence-corrected chi connectivity index (χ1v) is 11.2. The van der Waals surface area contributed by atoms with E-state index in [0.29, 0.717) is 23.4 Å². The fourth-order valence-corrected chi connectivity index (χ4v) is 3.82. The molecule has 2 rings (SSSR count). The summed E-state index contributed by atoms with van der Waals surface area (Å²) < 4.78 is 0. The molecule has 0 spiro atoms. The lowest BCUT2D eigenvalue weighted by molar-refractivity contribution is -0.120. The normalized spacial score (nSPS) is 14.4. The van der Waals surface area contributed by atoms with Gasteiger partial charge in [0, 0.05) is 17.3 Å². The van der Waals surface area contributed by atoms with Gasteiger partial charge in [-0.05, 0) is 31.9 Å². The number of unbranched alkanes of at least 4 members (excludes halogenated alkanes) is 11. The predicted octanol–water partition coefficient (Wildman–Crippen LogP) is 6.36. The van der Waals surface area contributed by atoms with E-state index in [1.807, 2.05) is 0 Å². The third kappa shape index (κ3) is 6.57. The van der Waals surface area contributed by atoms with Gasteiger partial charge in [0.15, 0.2) is 0 Å². The monoisotopic (exact) mass is 384 g/mol. The van der Waals surface area contributed by atoms with Crippen molar-refractivity contribution in [2.24, 2.45) is 0 Å². The molecule has 0 aliphatic carbocycles. The minimum atomic E-state index is -0.224. The van der Waals surface area contributed by atoms with Gasteiger partial charge in [-0.15, -0.1) is 0 Å². The number of anilines is 1. The first-order valence-electron chi connectivity index (χ1n) is 11.2. The van der Waals surface area contributed by atoms with Gasteiger partial charge >= 0.3 is 0 Å². The smallest absolute Gasteiger partial charge is 0.262 e. The van der Waals surface area contributed by atoms with Gasteiger partial charge in [-0.3, -0.25) is 9.59 Å². The summed E-state index contributed by atoms with van der Waals surface area (Å²) in [5.41, 5.74) is 1.25. The molecule has 4 nitrogen and oxygen atoms in total. The number of imide groups is 1. The second kappa shape index (κ2) is 12.5. The van der Waals surface area contributed by atoms with Crippen molar-refractivity contribution < 1.29 is 9.59 Å². The van der Waals surface area contributed by atoms with Crippen molar-refractivity contribution in [2.45, 2.75) is 97.3 Å². The molecule has 4 heteroatoms. The Morgan fingerprint density at radius 1 is 0.786 bits per heavy atom. The van der Waals surface area contributed by atoms with Crippen LogP contribution in [-0.4, -0.2) is 16.8 Å². The van der Waals surface area contributed by atoms with Crippen LogP contribution in [0.2, 0.25) is 0 Å². The van der Waals surface area contributed by atoms with E-state index >= 15 is 0 Å². The number of hydrogen-bond acceptors (Lipinski definition) is 3. The van der Waals surface area contributed by atoms with Gasteiger partial charge < -0.3 is 0 Å². The highest BCUT2D eigenvalue weighted by Crippen LogP contribution is 2.28. The lowest BCUT2D eigenvalue weighted by Gasteiger charge is -2.13. The number of carbonyl (C=O) groups is 2. The van der Waals surface area contributed by atoms with Crippen LogP contribution in [0.4, 0.5) is 5.82 Å². The highest BCUT2D eigenvalue weighted by atomic mass is 16.2. The number of pyridine rings is 1. The molecule has 154 valence electrons. The van der Waals surface area contributed by atoms with E-state index in [1.165, 1.54) is 69.1 Å². The summed E-state index contributed by atoms with van der Waals surface area (Å²) in [6.07, 6.45) is 17.8. The number of rotatable bonds is 14. The van der Waals surface area contributed by atoms with Crippen LogP contribution in [0.25, 0.3) is 0 Å². The summed E-state index contributed by atoms with van der Waals surface area (Å²) in [7, 11) is 0. The molecule has 28 heavy (non-hydrogen) atoms. The zero-order valence-electron chi connectivity index (χ0n) is 17.7. The largest absolute Gasteiger partial charge is 0.269 e. The Morgan fingerprint density at radius 2 is 1.36 bits per heavy atom. The van der Waals surface area contributed by atoms with Gasteiger partial charge in [-0.25, -0.2) is 9.88 Å². The van der Waals surface area contributed by atoms with E-state index in [4.69, 9.17) is 0 Å². The molecule has 1 aromatic rings. The van der Waals surface area contributed by atoms with E-state index in [-0.39, 0.29) is 11.8 Å². The molecule has 1 aromatic heterocycles. The quantitative estimate of drug-likeness (QED) is 0.277. The first kappa shape index (κ1) is 22.3. The number of hydrogen-bond donors (Lipinski definition) is 0. The van der Waals surface area contributed by atoms with E-state index in [9.17, 15) is 9.59 Å². The van der Waals surface area contributed by atoms with Gasteiger partial charge in [0.05, 0.1) is 0 Å². The molecule has 0 aromatic carbocycles. The maximum Gasteiger partial charge on any atom is 0.262 e. The maximum absolute atomic E-state index is 12.7. The van der Waals surface area contributed by atoms with E-state index in [1.54, 1.807) is 31.3 Å². The van der Waals surface area contributed by atoms with E-state index in [0.717, 1.165) is 12.8 Å². The van der Waals surface area contributed by atoms with Crippen LogP contribution < -0.4 is 4.90 Å². The highest BCUT2D eigenvalue weighted by molar-refractivity contribution is 6.32. The van der Waals surface area contributed by atoms with Crippen LogP contribution in [0.1, 0.15) is 97.3 Å². The Hall–Kier alpha value is -1.97. The fourth-order valence-electron chi connectivity index (χ4n) is 3.82. The Labute approximate surface area is 170 Å². The van der Waals surface area contributed by atoms with E-state index in [2.05, 4.69) is 11.9 Å². The van der Waals surface area contributed by atoms with Crippen LogP contribution in [-0.2, 0) is 9.59 Å². The third-order valence-electron chi connectivity index (χ3n) is 5.60. The molecular formula is C24H36N2O2. The zero-order chi connectivity index (χ0) is 20.2. The molecule has 1 aliphatic rings. The molecule has 2 heterocycles. The molecule has 0 bridgehead atoms. The molecule has 2 amide bonds. The van der Waals surface area contributed by atoms with Crippen LogP contribution >= 0.6 is 0 Å². The van der Waals surface area contributed by atoms with Gasteiger partial charge in [-0.1, -0.05) is 83.6 Å². The first-order chi connectivity index (χ1) is 13.7. The van der Waals surface area contributed by atoms with Crippen LogP contribution in [0.3, 0.4) is 0 Å². The summed E-state index contributed by atoms with van der Waals surface area (Å²) in [4.78, 5) is 30.5. The van der Waals surface area contributed by atoms with Crippen molar-refractivity contribution in [3.05, 3.63) is 35.5 Å². The van der Waals surface area contributed by atoms with Gasteiger partial charge in [0.2, 0.25) is 0 Å². The number of carbonyl (C=O) groups excluding carboxylic acids is 2. The predicted molar refractivity (Wildman–Crippen MR) is 115 cm³/mol. The SMILES string of the molecule is CCCCCCCCCCCCCCC1=C(C)C(=O)N(c2ccccn2)C1=O. The molecule has 0 N–H and O–H groups in total. The summed E-state index contributed by atoms with van der Waals surface area (Å²) in [5.74, 6) is 0.00320. The summed E-state index contributed by atoms with van der Waals surface area (Å²) in [6.45, 7) is 4.02. The lowest BCUT2D eigenvalue weighted by Crippen LogP contribution is -2.32. The van der Waals surface area contributed by atoms with Crippen LogP contribution in [0.5, 0.6) is 0 Å². The zero-order valence-corrected chi connectivity index (χ0v) is 17.7. The summed E-state index contributed by atoms with van der Waals surface area (Å²) in [6, 6.07) is 5.28. The topological polar surface area (TPSA) is 50.3 Å². The second-order valence-electron chi connectivity index (χ2n) is 7.88. The molecule has 1 aliphatic heterocycles. The van der Waals surface area contributed by atoms with Crippen molar-refractivity contribution in [1.29, 1.82) is 0 Å². The Morgan fingerprint density at radius 3 is 1.89 bits per heavy atom. The molecule has 0 radical (unpaired) electrons. The standard InChI is InChI=1S/C24H36N2O2/c1-3-4-5-6-7-8-9-10-11-12-13-14-17-21-20(2)23(27)26(24(21)28)22-18-15-16-19-25-22/h15-16,18-19H,3-14,17H2,1-2H3. The minimum Gasteiger partial charge on any atom is -0.269 e. The average Bonchev–Trinajstić information content (AvgIpc) is 2.92.